The highest BCUT2D eigenvalue weighted by atomic mass is 32.1. The van der Waals surface area contributed by atoms with E-state index in [0.717, 1.165) is 21.9 Å². The smallest absolute Gasteiger partial charge is 0.246 e. The van der Waals surface area contributed by atoms with E-state index in [9.17, 15) is 9.90 Å². The van der Waals surface area contributed by atoms with Gasteiger partial charge in [-0.3, -0.25) is 9.69 Å². The van der Waals surface area contributed by atoms with Gasteiger partial charge in [0.2, 0.25) is 5.91 Å². The molecule has 7 nitrogen and oxygen atoms in total. The number of carbonyl (C=O) groups excluding carboxylic acids is 1. The van der Waals surface area contributed by atoms with Crippen LogP contribution in [0.15, 0.2) is 22.0 Å². The van der Waals surface area contributed by atoms with Gasteiger partial charge in [0.15, 0.2) is 0 Å². The second kappa shape index (κ2) is 8.10. The van der Waals surface area contributed by atoms with Gasteiger partial charge in [0, 0.05) is 30.6 Å². The number of hydrogen-bond acceptors (Lipinski definition) is 7. The van der Waals surface area contributed by atoms with E-state index in [1.807, 2.05) is 31.4 Å². The number of rotatable bonds is 6. The first-order chi connectivity index (χ1) is 12.8. The molecule has 2 N–H and O–H groups in total. The molecule has 27 heavy (non-hydrogen) atoms. The van der Waals surface area contributed by atoms with Crippen molar-refractivity contribution in [3.63, 3.8) is 0 Å². The maximum Gasteiger partial charge on any atom is 0.246 e. The minimum absolute atomic E-state index is 0.0341. The van der Waals surface area contributed by atoms with Crippen molar-refractivity contribution in [3.05, 3.63) is 39.4 Å². The third-order valence-corrected chi connectivity index (χ3v) is 6.20. The Morgan fingerprint density at radius 3 is 2.93 bits per heavy atom. The summed E-state index contributed by atoms with van der Waals surface area (Å²) in [7, 11) is 1.49. The van der Waals surface area contributed by atoms with Gasteiger partial charge in [-0.15, -0.1) is 11.3 Å². The van der Waals surface area contributed by atoms with Gasteiger partial charge in [-0.1, -0.05) is 11.2 Å². The molecule has 3 heterocycles. The van der Waals surface area contributed by atoms with Crippen molar-refractivity contribution >= 4 is 17.2 Å². The zero-order valence-electron chi connectivity index (χ0n) is 16.2. The van der Waals surface area contributed by atoms with Crippen molar-refractivity contribution in [3.8, 4) is 0 Å². The van der Waals surface area contributed by atoms with E-state index in [-0.39, 0.29) is 18.6 Å². The van der Waals surface area contributed by atoms with Crippen molar-refractivity contribution in [2.75, 3.05) is 20.3 Å². The van der Waals surface area contributed by atoms with Gasteiger partial charge in [-0.2, -0.15) is 0 Å². The molecule has 148 valence electrons. The van der Waals surface area contributed by atoms with Gasteiger partial charge in [0.25, 0.3) is 0 Å². The molecule has 1 aliphatic rings. The maximum absolute atomic E-state index is 12.3. The van der Waals surface area contributed by atoms with Crippen molar-refractivity contribution in [1.82, 2.24) is 15.4 Å². The van der Waals surface area contributed by atoms with E-state index in [4.69, 9.17) is 9.26 Å². The molecule has 1 fully saturated rings. The van der Waals surface area contributed by atoms with Crippen molar-refractivity contribution in [1.29, 1.82) is 0 Å². The summed E-state index contributed by atoms with van der Waals surface area (Å²) in [6, 6.07) is 3.44. The average Bonchev–Trinajstić information content (AvgIpc) is 3.23. The quantitative estimate of drug-likeness (QED) is 0.782. The normalized spacial score (nSPS) is 26.3. The molecular formula is C19H27N3O4S. The monoisotopic (exact) mass is 393 g/mol. The lowest BCUT2D eigenvalue weighted by molar-refractivity contribution is -0.132. The number of aromatic nitrogens is 1. The number of nitrogens with zero attached hydrogens (tertiary/aromatic N) is 2. The minimum Gasteiger partial charge on any atom is -0.388 e. The molecule has 3 unspecified atom stereocenters. The fourth-order valence-electron chi connectivity index (χ4n) is 3.71. The van der Waals surface area contributed by atoms with Gasteiger partial charge in [0.05, 0.1) is 23.4 Å². The molecule has 1 amide bonds. The van der Waals surface area contributed by atoms with E-state index in [0.29, 0.717) is 19.5 Å². The molecule has 0 aliphatic carbocycles. The van der Waals surface area contributed by atoms with Gasteiger partial charge >= 0.3 is 0 Å². The highest BCUT2D eigenvalue weighted by Gasteiger charge is 2.46. The number of nitrogens with one attached hydrogen (secondary N) is 1. The zero-order valence-corrected chi connectivity index (χ0v) is 17.0. The predicted molar refractivity (Wildman–Crippen MR) is 102 cm³/mol. The second-order valence-electron chi connectivity index (χ2n) is 7.32. The van der Waals surface area contributed by atoms with Gasteiger partial charge in [0.1, 0.15) is 12.4 Å². The number of methoxy groups -OCH3 is 1. The van der Waals surface area contributed by atoms with Crippen molar-refractivity contribution in [2.45, 2.75) is 51.4 Å². The van der Waals surface area contributed by atoms with Crippen LogP contribution in [-0.2, 0) is 16.1 Å². The van der Waals surface area contributed by atoms with E-state index in [1.54, 1.807) is 18.3 Å². The number of aryl methyl sites for hydroxylation is 2. The Hall–Kier alpha value is -1.74. The van der Waals surface area contributed by atoms with Crippen LogP contribution < -0.4 is 5.32 Å². The van der Waals surface area contributed by atoms with Crippen LogP contribution in [-0.4, -0.2) is 53.0 Å². The molecule has 0 saturated carbocycles. The minimum atomic E-state index is -1.02. The summed E-state index contributed by atoms with van der Waals surface area (Å²) in [5.74, 6) is 0.568. The van der Waals surface area contributed by atoms with Crippen molar-refractivity contribution < 1.29 is 19.2 Å². The van der Waals surface area contributed by atoms with Crippen LogP contribution in [0.5, 0.6) is 0 Å². The molecule has 2 aromatic heterocycles. The molecule has 0 bridgehead atoms. The summed E-state index contributed by atoms with van der Waals surface area (Å²) in [5, 5.41) is 20.1. The largest absolute Gasteiger partial charge is 0.388 e. The summed E-state index contributed by atoms with van der Waals surface area (Å²) in [4.78, 5) is 15.6. The first-order valence-electron chi connectivity index (χ1n) is 9.03. The zero-order chi connectivity index (χ0) is 19.6. The van der Waals surface area contributed by atoms with Crippen molar-refractivity contribution in [2.24, 2.45) is 0 Å². The number of hydrogen-bond donors (Lipinski definition) is 2. The van der Waals surface area contributed by atoms with Crippen LogP contribution in [0, 0.1) is 13.8 Å². The van der Waals surface area contributed by atoms with Crippen LogP contribution in [0.25, 0.3) is 0 Å². The molecule has 1 aliphatic heterocycles. The Morgan fingerprint density at radius 1 is 1.56 bits per heavy atom. The second-order valence-corrected chi connectivity index (χ2v) is 8.30. The third kappa shape index (κ3) is 4.24. The Bertz CT molecular complexity index is 753. The SMILES string of the molecule is COCC(=O)NC1C(c2cccs2)N(Cc2c(C)noc2C)CCC1(C)O. The molecule has 3 atom stereocenters. The fraction of sp³-hybridized carbons (Fsp3) is 0.579. The van der Waals surface area contributed by atoms with E-state index < -0.39 is 11.6 Å². The topological polar surface area (TPSA) is 87.8 Å². The molecule has 2 aromatic rings. The van der Waals surface area contributed by atoms with E-state index >= 15 is 0 Å². The van der Waals surface area contributed by atoms with Gasteiger partial charge in [-0.05, 0) is 38.6 Å². The van der Waals surface area contributed by atoms with Crippen LogP contribution in [0.4, 0.5) is 0 Å². The first kappa shape index (κ1) is 20.0. The Kier molecular flexibility index (Phi) is 6.00. The Balaban J connectivity index is 1.94. The summed E-state index contributed by atoms with van der Waals surface area (Å²) < 4.78 is 10.3. The molecule has 3 rings (SSSR count). The van der Waals surface area contributed by atoms with Crippen LogP contribution in [0.3, 0.4) is 0 Å². The highest BCUT2D eigenvalue weighted by molar-refractivity contribution is 7.10. The number of aliphatic hydroxyl groups is 1. The number of thiophene rings is 1. The summed E-state index contributed by atoms with van der Waals surface area (Å²) in [6.07, 6.45) is 0.552. The van der Waals surface area contributed by atoms with Crippen LogP contribution in [0.1, 0.15) is 41.3 Å². The van der Waals surface area contributed by atoms with Gasteiger partial charge in [-0.25, -0.2) is 0 Å². The Morgan fingerprint density at radius 2 is 2.33 bits per heavy atom. The number of amides is 1. The summed E-state index contributed by atoms with van der Waals surface area (Å²) >= 11 is 1.62. The molecule has 0 radical (unpaired) electrons. The Labute approximate surface area is 163 Å². The maximum atomic E-state index is 12.3. The molecule has 0 aromatic carbocycles. The summed E-state index contributed by atoms with van der Waals surface area (Å²) in [6.45, 7) is 6.95. The summed E-state index contributed by atoms with van der Waals surface area (Å²) in [5.41, 5.74) is 0.905. The molecule has 8 heteroatoms. The molecular weight excluding hydrogens is 366 g/mol. The van der Waals surface area contributed by atoms with Gasteiger partial charge < -0.3 is 19.7 Å². The predicted octanol–water partition coefficient (Wildman–Crippen LogP) is 2.18. The van der Waals surface area contributed by atoms with Crippen LogP contribution >= 0.6 is 11.3 Å². The number of likely N-dealkylation sites (tertiary alicyclic amines) is 1. The number of ether oxygens (including phenoxy) is 1. The lowest BCUT2D eigenvalue weighted by atomic mass is 9.81. The number of carbonyl (C=O) groups is 1. The fourth-order valence-corrected chi connectivity index (χ4v) is 4.60. The average molecular weight is 394 g/mol. The molecule has 0 spiro atoms. The van der Waals surface area contributed by atoms with E-state index in [2.05, 4.69) is 15.4 Å². The first-order valence-corrected chi connectivity index (χ1v) is 9.91. The van der Waals surface area contributed by atoms with E-state index in [1.165, 1.54) is 7.11 Å². The standard InChI is InChI=1S/C19H27N3O4S/c1-12-14(13(2)26-21-12)10-22-8-7-19(3,24)18(20-16(23)11-25-4)17(22)15-6-5-9-27-15/h5-6,9,17-18,24H,7-8,10-11H2,1-4H3,(H,20,23). The molecule has 1 saturated heterocycles. The third-order valence-electron chi connectivity index (χ3n) is 5.25. The lowest BCUT2D eigenvalue weighted by Crippen LogP contribution is -2.62. The van der Waals surface area contributed by atoms with Crippen LogP contribution in [0.2, 0.25) is 0 Å². The lowest BCUT2D eigenvalue weighted by Gasteiger charge is -2.48. The highest BCUT2D eigenvalue weighted by Crippen LogP contribution is 2.40. The number of piperidine rings is 1.